The first-order valence-corrected chi connectivity index (χ1v) is 9.79. The van der Waals surface area contributed by atoms with Gasteiger partial charge in [-0.1, -0.05) is 49.8 Å². The van der Waals surface area contributed by atoms with E-state index in [1.54, 1.807) is 4.90 Å². The van der Waals surface area contributed by atoms with E-state index in [9.17, 15) is 9.59 Å². The van der Waals surface area contributed by atoms with Crippen LogP contribution in [0.3, 0.4) is 0 Å². The quantitative estimate of drug-likeness (QED) is 0.874. The van der Waals surface area contributed by atoms with Crippen molar-refractivity contribution in [3.05, 3.63) is 28.8 Å². The first kappa shape index (κ1) is 18.2. The van der Waals surface area contributed by atoms with Gasteiger partial charge in [0.05, 0.1) is 5.92 Å². The molecule has 4 nitrogen and oxygen atoms in total. The molecule has 0 bridgehead atoms. The second-order valence-corrected chi connectivity index (χ2v) is 7.80. The Kier molecular flexibility index (Phi) is 6.00. The standard InChI is InChI=1S/C20H27ClN2O2/c1-14-9-10-17(12-18(14)21)23-13-15(11-19(23)24)20(25)22-16-7-5-3-2-4-6-8-16/h9-10,12,15-16H,2-8,11,13H2,1H3,(H,22,25). The summed E-state index contributed by atoms with van der Waals surface area (Å²) in [7, 11) is 0. The molecule has 1 N–H and O–H groups in total. The summed E-state index contributed by atoms with van der Waals surface area (Å²) in [4.78, 5) is 26.7. The van der Waals surface area contributed by atoms with Crippen molar-refractivity contribution >= 4 is 29.1 Å². The van der Waals surface area contributed by atoms with E-state index in [0.717, 1.165) is 24.1 Å². The molecule has 1 aromatic carbocycles. The highest BCUT2D eigenvalue weighted by molar-refractivity contribution is 6.31. The highest BCUT2D eigenvalue weighted by Gasteiger charge is 2.35. The maximum atomic E-state index is 12.6. The Morgan fingerprint density at radius 3 is 2.52 bits per heavy atom. The Morgan fingerprint density at radius 1 is 1.16 bits per heavy atom. The average molecular weight is 363 g/mol. The van der Waals surface area contributed by atoms with Gasteiger partial charge in [-0.2, -0.15) is 0 Å². The predicted octanol–water partition coefficient (Wildman–Crippen LogP) is 4.23. The molecule has 136 valence electrons. The molecule has 1 aliphatic carbocycles. The summed E-state index contributed by atoms with van der Waals surface area (Å²) in [6.07, 6.45) is 8.60. The highest BCUT2D eigenvalue weighted by Crippen LogP contribution is 2.29. The molecule has 1 atom stereocenters. The van der Waals surface area contributed by atoms with Gasteiger partial charge < -0.3 is 10.2 Å². The van der Waals surface area contributed by atoms with Gasteiger partial charge in [0.2, 0.25) is 11.8 Å². The van der Waals surface area contributed by atoms with Crippen molar-refractivity contribution in [2.45, 2.75) is 64.3 Å². The van der Waals surface area contributed by atoms with Gasteiger partial charge in [0, 0.05) is 29.7 Å². The van der Waals surface area contributed by atoms with Gasteiger partial charge in [-0.3, -0.25) is 9.59 Å². The molecule has 1 unspecified atom stereocenters. The lowest BCUT2D eigenvalue weighted by molar-refractivity contribution is -0.127. The maximum absolute atomic E-state index is 12.6. The van der Waals surface area contributed by atoms with E-state index in [4.69, 9.17) is 11.6 Å². The number of rotatable bonds is 3. The number of nitrogens with zero attached hydrogens (tertiary/aromatic N) is 1. The zero-order valence-corrected chi connectivity index (χ0v) is 15.6. The normalized spacial score (nSPS) is 22.6. The van der Waals surface area contributed by atoms with Crippen molar-refractivity contribution in [3.8, 4) is 0 Å². The fraction of sp³-hybridized carbons (Fsp3) is 0.600. The van der Waals surface area contributed by atoms with Crippen LogP contribution in [0.2, 0.25) is 5.02 Å². The Hall–Kier alpha value is -1.55. The van der Waals surface area contributed by atoms with E-state index in [2.05, 4.69) is 5.32 Å². The van der Waals surface area contributed by atoms with E-state index < -0.39 is 0 Å². The minimum Gasteiger partial charge on any atom is -0.353 e. The number of anilines is 1. The van der Waals surface area contributed by atoms with Gasteiger partial charge in [-0.25, -0.2) is 0 Å². The molecular formula is C20H27ClN2O2. The molecule has 1 aromatic rings. The number of hydrogen-bond acceptors (Lipinski definition) is 2. The lowest BCUT2D eigenvalue weighted by Crippen LogP contribution is -2.40. The van der Waals surface area contributed by atoms with Crippen LogP contribution in [0, 0.1) is 12.8 Å². The minimum atomic E-state index is -0.266. The zero-order valence-electron chi connectivity index (χ0n) is 14.9. The van der Waals surface area contributed by atoms with E-state index in [-0.39, 0.29) is 30.2 Å². The zero-order chi connectivity index (χ0) is 17.8. The number of hydrogen-bond donors (Lipinski definition) is 1. The summed E-state index contributed by atoms with van der Waals surface area (Å²) in [6.45, 7) is 2.37. The van der Waals surface area contributed by atoms with Crippen LogP contribution in [-0.4, -0.2) is 24.4 Å². The SMILES string of the molecule is Cc1ccc(N2CC(C(=O)NC3CCCCCCC3)CC2=O)cc1Cl. The molecule has 1 aliphatic heterocycles. The van der Waals surface area contributed by atoms with Crippen LogP contribution < -0.4 is 10.2 Å². The van der Waals surface area contributed by atoms with Crippen molar-refractivity contribution < 1.29 is 9.59 Å². The first-order chi connectivity index (χ1) is 12.0. The molecule has 0 radical (unpaired) electrons. The molecule has 5 heteroatoms. The number of benzene rings is 1. The van der Waals surface area contributed by atoms with Crippen LogP contribution in [-0.2, 0) is 9.59 Å². The van der Waals surface area contributed by atoms with Crippen molar-refractivity contribution in [1.82, 2.24) is 5.32 Å². The third-order valence-electron chi connectivity index (χ3n) is 5.41. The second kappa shape index (κ2) is 8.22. The third kappa shape index (κ3) is 4.55. The molecule has 1 saturated carbocycles. The van der Waals surface area contributed by atoms with Crippen LogP contribution in [0.4, 0.5) is 5.69 Å². The Morgan fingerprint density at radius 2 is 1.84 bits per heavy atom. The lowest BCUT2D eigenvalue weighted by Gasteiger charge is -2.23. The number of aryl methyl sites for hydroxylation is 1. The number of carbonyl (C=O) groups excluding carboxylic acids is 2. The maximum Gasteiger partial charge on any atom is 0.227 e. The van der Waals surface area contributed by atoms with E-state index in [1.807, 2.05) is 25.1 Å². The summed E-state index contributed by atoms with van der Waals surface area (Å²) in [5, 5.41) is 3.84. The third-order valence-corrected chi connectivity index (χ3v) is 5.82. The van der Waals surface area contributed by atoms with Gasteiger partial charge in [0.15, 0.2) is 0 Å². The van der Waals surface area contributed by atoms with Crippen LogP contribution in [0.25, 0.3) is 0 Å². The Labute approximate surface area is 154 Å². The highest BCUT2D eigenvalue weighted by atomic mass is 35.5. The first-order valence-electron chi connectivity index (χ1n) is 9.41. The monoisotopic (exact) mass is 362 g/mol. The molecule has 0 aromatic heterocycles. The number of carbonyl (C=O) groups is 2. The van der Waals surface area contributed by atoms with E-state index >= 15 is 0 Å². The summed E-state index contributed by atoms with van der Waals surface area (Å²) in [6, 6.07) is 5.89. The molecule has 3 rings (SSSR count). The number of nitrogens with one attached hydrogen (secondary N) is 1. The summed E-state index contributed by atoms with van der Waals surface area (Å²) in [5.74, 6) is -0.240. The fourth-order valence-corrected chi connectivity index (χ4v) is 3.98. The van der Waals surface area contributed by atoms with E-state index in [0.29, 0.717) is 11.6 Å². The van der Waals surface area contributed by atoms with Crippen molar-refractivity contribution in [2.24, 2.45) is 5.92 Å². The van der Waals surface area contributed by atoms with Gasteiger partial charge in [0.25, 0.3) is 0 Å². The molecule has 2 fully saturated rings. The van der Waals surface area contributed by atoms with E-state index in [1.165, 1.54) is 32.1 Å². The smallest absolute Gasteiger partial charge is 0.227 e. The average Bonchev–Trinajstić information content (AvgIpc) is 2.94. The van der Waals surface area contributed by atoms with Gasteiger partial charge in [-0.15, -0.1) is 0 Å². The largest absolute Gasteiger partial charge is 0.353 e. The fourth-order valence-electron chi connectivity index (χ4n) is 3.80. The second-order valence-electron chi connectivity index (χ2n) is 7.39. The molecule has 1 saturated heterocycles. The Balaban J connectivity index is 1.61. The summed E-state index contributed by atoms with van der Waals surface area (Å²) >= 11 is 6.18. The molecular weight excluding hydrogens is 336 g/mol. The topological polar surface area (TPSA) is 49.4 Å². The number of amides is 2. The van der Waals surface area contributed by atoms with Crippen LogP contribution in [0.15, 0.2) is 18.2 Å². The lowest BCUT2D eigenvalue weighted by atomic mass is 9.96. The minimum absolute atomic E-state index is 0.00210. The molecule has 0 spiro atoms. The Bertz CT molecular complexity index is 639. The molecule has 2 aliphatic rings. The number of halogens is 1. The predicted molar refractivity (Wildman–Crippen MR) is 101 cm³/mol. The van der Waals surface area contributed by atoms with Gasteiger partial charge >= 0.3 is 0 Å². The van der Waals surface area contributed by atoms with Crippen molar-refractivity contribution in [3.63, 3.8) is 0 Å². The van der Waals surface area contributed by atoms with Crippen molar-refractivity contribution in [1.29, 1.82) is 0 Å². The van der Waals surface area contributed by atoms with Crippen LogP contribution in [0.1, 0.15) is 56.9 Å². The molecule has 1 heterocycles. The summed E-state index contributed by atoms with van der Waals surface area (Å²) in [5.41, 5.74) is 1.76. The van der Waals surface area contributed by atoms with Crippen LogP contribution >= 0.6 is 11.6 Å². The summed E-state index contributed by atoms with van der Waals surface area (Å²) < 4.78 is 0. The van der Waals surface area contributed by atoms with Gasteiger partial charge in [0.1, 0.15) is 0 Å². The van der Waals surface area contributed by atoms with Crippen LogP contribution in [0.5, 0.6) is 0 Å². The van der Waals surface area contributed by atoms with Crippen molar-refractivity contribution in [2.75, 3.05) is 11.4 Å². The van der Waals surface area contributed by atoms with Gasteiger partial charge in [-0.05, 0) is 37.5 Å². The molecule has 2 amide bonds. The molecule has 25 heavy (non-hydrogen) atoms.